The Hall–Kier alpha value is -2.70. The molecule has 138 valence electrons. The number of nitrogens with one attached hydrogen (secondary N) is 1. The summed E-state index contributed by atoms with van der Waals surface area (Å²) in [5.74, 6) is -0.292. The van der Waals surface area contributed by atoms with Crippen LogP contribution in [0.4, 0.5) is 5.13 Å². The first-order chi connectivity index (χ1) is 13.0. The maximum absolute atomic E-state index is 12.4. The lowest BCUT2D eigenvalue weighted by molar-refractivity contribution is -0.129. The van der Waals surface area contributed by atoms with Crippen molar-refractivity contribution in [2.75, 3.05) is 12.4 Å². The molecule has 1 N–H and O–H groups in total. The largest absolute Gasteiger partial charge is 0.341 e. The maximum atomic E-state index is 12.4. The van der Waals surface area contributed by atoms with Crippen molar-refractivity contribution < 1.29 is 9.59 Å². The Morgan fingerprint density at radius 2 is 1.81 bits per heavy atom. The molecule has 0 spiro atoms. The van der Waals surface area contributed by atoms with E-state index in [2.05, 4.69) is 10.3 Å². The summed E-state index contributed by atoms with van der Waals surface area (Å²) in [5, 5.41) is 5.56. The molecule has 3 aromatic rings. The Balaban J connectivity index is 1.56. The van der Waals surface area contributed by atoms with E-state index in [1.807, 2.05) is 30.3 Å². The van der Waals surface area contributed by atoms with E-state index in [0.29, 0.717) is 28.0 Å². The van der Waals surface area contributed by atoms with Crippen LogP contribution in [0, 0.1) is 0 Å². The summed E-state index contributed by atoms with van der Waals surface area (Å²) < 4.78 is 0. The molecule has 27 heavy (non-hydrogen) atoms. The lowest BCUT2D eigenvalue weighted by Crippen LogP contribution is -2.27. The molecule has 0 aliphatic heterocycles. The van der Waals surface area contributed by atoms with E-state index in [-0.39, 0.29) is 18.2 Å². The minimum absolute atomic E-state index is 0.0280. The van der Waals surface area contributed by atoms with Crippen molar-refractivity contribution in [1.82, 2.24) is 9.88 Å². The van der Waals surface area contributed by atoms with Gasteiger partial charge in [-0.3, -0.25) is 14.9 Å². The quantitative estimate of drug-likeness (QED) is 0.674. The Bertz CT molecular complexity index is 926. The smallest absolute Gasteiger partial charge is 0.257 e. The van der Waals surface area contributed by atoms with Crippen LogP contribution in [0.15, 0.2) is 60.0 Å². The Labute approximate surface area is 166 Å². The van der Waals surface area contributed by atoms with Gasteiger partial charge in [-0.1, -0.05) is 41.9 Å². The lowest BCUT2D eigenvalue weighted by atomic mass is 10.2. The summed E-state index contributed by atoms with van der Waals surface area (Å²) in [6, 6.07) is 16.4. The first kappa shape index (κ1) is 19.1. The van der Waals surface area contributed by atoms with Crippen LogP contribution in [0.5, 0.6) is 0 Å². The highest BCUT2D eigenvalue weighted by Crippen LogP contribution is 2.18. The van der Waals surface area contributed by atoms with Crippen molar-refractivity contribution in [1.29, 1.82) is 0 Å². The molecule has 2 aromatic carbocycles. The first-order valence-corrected chi connectivity index (χ1v) is 9.56. The van der Waals surface area contributed by atoms with E-state index < -0.39 is 0 Å². The molecule has 1 heterocycles. The van der Waals surface area contributed by atoms with Crippen LogP contribution in [0.2, 0.25) is 5.02 Å². The van der Waals surface area contributed by atoms with Crippen molar-refractivity contribution in [3.63, 3.8) is 0 Å². The summed E-state index contributed by atoms with van der Waals surface area (Å²) in [6.07, 6.45) is 0.191. The molecular weight excluding hydrogens is 382 g/mol. The number of hydrogen-bond donors (Lipinski definition) is 1. The normalized spacial score (nSPS) is 10.4. The number of rotatable bonds is 6. The fourth-order valence-corrected chi connectivity index (χ4v) is 3.28. The van der Waals surface area contributed by atoms with Crippen LogP contribution < -0.4 is 5.32 Å². The molecule has 1 aromatic heterocycles. The predicted molar refractivity (Wildman–Crippen MR) is 108 cm³/mol. The van der Waals surface area contributed by atoms with E-state index >= 15 is 0 Å². The van der Waals surface area contributed by atoms with Crippen LogP contribution in [0.3, 0.4) is 0 Å². The summed E-state index contributed by atoms with van der Waals surface area (Å²) in [5.41, 5.74) is 2.20. The van der Waals surface area contributed by atoms with Crippen molar-refractivity contribution in [2.45, 2.75) is 13.0 Å². The molecule has 0 saturated heterocycles. The zero-order valence-electron chi connectivity index (χ0n) is 14.7. The number of hydrogen-bond acceptors (Lipinski definition) is 4. The second-order valence-electron chi connectivity index (χ2n) is 6.02. The van der Waals surface area contributed by atoms with Gasteiger partial charge < -0.3 is 4.90 Å². The van der Waals surface area contributed by atoms with Gasteiger partial charge in [-0.15, -0.1) is 11.3 Å². The molecular formula is C20H18ClN3O2S. The molecule has 0 bridgehead atoms. The highest BCUT2D eigenvalue weighted by atomic mass is 35.5. The average Bonchev–Trinajstić information content (AvgIpc) is 3.09. The van der Waals surface area contributed by atoms with Crippen LogP contribution in [-0.4, -0.2) is 28.7 Å². The highest BCUT2D eigenvalue weighted by molar-refractivity contribution is 7.14. The number of nitrogens with zero attached hydrogens (tertiary/aromatic N) is 2. The van der Waals surface area contributed by atoms with Gasteiger partial charge in [-0.25, -0.2) is 4.98 Å². The summed E-state index contributed by atoms with van der Waals surface area (Å²) >= 11 is 7.12. The Morgan fingerprint density at radius 1 is 1.11 bits per heavy atom. The number of likely N-dealkylation sites (N-methyl/N-ethyl adjacent to an activating group) is 1. The molecule has 0 aliphatic carbocycles. The standard InChI is InChI=1S/C20H18ClN3O2S/c1-24(12-14-5-3-2-4-6-14)18(25)11-17-13-27-20(22-17)23-19(26)15-7-9-16(21)10-8-15/h2-10,13H,11-12H2,1H3,(H,22,23,26). The number of thiazole rings is 1. The van der Waals surface area contributed by atoms with Crippen molar-refractivity contribution in [2.24, 2.45) is 0 Å². The molecule has 0 unspecified atom stereocenters. The summed E-state index contributed by atoms with van der Waals surface area (Å²) in [7, 11) is 1.77. The fourth-order valence-electron chi connectivity index (χ4n) is 2.45. The molecule has 0 atom stereocenters. The molecule has 0 radical (unpaired) electrons. The second kappa shape index (κ2) is 8.79. The number of aromatic nitrogens is 1. The number of carbonyl (C=O) groups excluding carboxylic acids is 2. The van der Waals surface area contributed by atoms with E-state index in [1.165, 1.54) is 11.3 Å². The third-order valence-electron chi connectivity index (χ3n) is 3.90. The molecule has 0 saturated carbocycles. The van der Waals surface area contributed by atoms with Gasteiger partial charge in [0.2, 0.25) is 5.91 Å². The molecule has 0 aliphatic rings. The van der Waals surface area contributed by atoms with E-state index in [1.54, 1.807) is 41.6 Å². The van der Waals surface area contributed by atoms with Crippen LogP contribution >= 0.6 is 22.9 Å². The third-order valence-corrected chi connectivity index (χ3v) is 4.96. The number of benzene rings is 2. The van der Waals surface area contributed by atoms with Crippen molar-refractivity contribution in [3.05, 3.63) is 81.8 Å². The second-order valence-corrected chi connectivity index (χ2v) is 7.31. The van der Waals surface area contributed by atoms with Gasteiger partial charge in [0, 0.05) is 29.6 Å². The SMILES string of the molecule is CN(Cc1ccccc1)C(=O)Cc1csc(NC(=O)c2ccc(Cl)cc2)n1. The van der Waals surface area contributed by atoms with Gasteiger partial charge in [0.05, 0.1) is 12.1 Å². The highest BCUT2D eigenvalue weighted by Gasteiger charge is 2.14. The van der Waals surface area contributed by atoms with E-state index in [9.17, 15) is 9.59 Å². The van der Waals surface area contributed by atoms with Crippen LogP contribution in [0.25, 0.3) is 0 Å². The minimum Gasteiger partial charge on any atom is -0.341 e. The molecule has 5 nitrogen and oxygen atoms in total. The maximum Gasteiger partial charge on any atom is 0.257 e. The topological polar surface area (TPSA) is 62.3 Å². The fraction of sp³-hybridized carbons (Fsp3) is 0.150. The monoisotopic (exact) mass is 399 g/mol. The van der Waals surface area contributed by atoms with E-state index in [4.69, 9.17) is 11.6 Å². The van der Waals surface area contributed by atoms with Gasteiger partial charge in [0.1, 0.15) is 0 Å². The number of carbonyl (C=O) groups is 2. The van der Waals surface area contributed by atoms with Crippen molar-refractivity contribution >= 4 is 39.9 Å². The predicted octanol–water partition coefficient (Wildman–Crippen LogP) is 4.25. The molecule has 2 amide bonds. The zero-order chi connectivity index (χ0) is 19.2. The van der Waals surface area contributed by atoms with Crippen molar-refractivity contribution in [3.8, 4) is 0 Å². The van der Waals surface area contributed by atoms with Gasteiger partial charge in [0.25, 0.3) is 5.91 Å². The number of halogens is 1. The Morgan fingerprint density at radius 3 is 2.52 bits per heavy atom. The molecule has 3 rings (SSSR count). The van der Waals surface area contributed by atoms with Gasteiger partial charge in [-0.05, 0) is 29.8 Å². The minimum atomic E-state index is -0.264. The summed E-state index contributed by atoms with van der Waals surface area (Å²) in [4.78, 5) is 30.6. The van der Waals surface area contributed by atoms with Gasteiger partial charge in [-0.2, -0.15) is 0 Å². The Kier molecular flexibility index (Phi) is 6.21. The first-order valence-electron chi connectivity index (χ1n) is 8.30. The zero-order valence-corrected chi connectivity index (χ0v) is 16.3. The molecule has 7 heteroatoms. The summed E-state index contributed by atoms with van der Waals surface area (Å²) in [6.45, 7) is 0.546. The van der Waals surface area contributed by atoms with Gasteiger partial charge >= 0.3 is 0 Å². The third kappa shape index (κ3) is 5.39. The average molecular weight is 400 g/mol. The molecule has 0 fully saturated rings. The lowest BCUT2D eigenvalue weighted by Gasteiger charge is -2.16. The number of anilines is 1. The van der Waals surface area contributed by atoms with Gasteiger partial charge in [0.15, 0.2) is 5.13 Å². The van der Waals surface area contributed by atoms with Crippen LogP contribution in [0.1, 0.15) is 21.6 Å². The number of amides is 2. The van der Waals surface area contributed by atoms with E-state index in [0.717, 1.165) is 5.56 Å². The van der Waals surface area contributed by atoms with Crippen LogP contribution in [-0.2, 0) is 17.8 Å².